The lowest BCUT2D eigenvalue weighted by atomic mass is 10.1. The fourth-order valence-electron chi connectivity index (χ4n) is 4.35. The van der Waals surface area contributed by atoms with Gasteiger partial charge in [-0.25, -0.2) is 4.98 Å². The number of rotatable bonds is 4. The van der Waals surface area contributed by atoms with Gasteiger partial charge in [-0.2, -0.15) is 0 Å². The lowest BCUT2D eigenvalue weighted by Crippen LogP contribution is -2.49. The van der Waals surface area contributed by atoms with Gasteiger partial charge in [0.1, 0.15) is 5.69 Å². The second-order valence-electron chi connectivity index (χ2n) is 7.43. The molecule has 0 unspecified atom stereocenters. The van der Waals surface area contributed by atoms with Crippen LogP contribution in [0.2, 0.25) is 0 Å². The average Bonchev–Trinajstić information content (AvgIpc) is 3.39. The summed E-state index contributed by atoms with van der Waals surface area (Å²) in [7, 11) is 0. The summed E-state index contributed by atoms with van der Waals surface area (Å²) in [5, 5.41) is 3.13. The molecule has 5 rings (SSSR count). The van der Waals surface area contributed by atoms with E-state index >= 15 is 0 Å². The number of nitrogens with zero attached hydrogens (tertiary/aromatic N) is 4. The Morgan fingerprint density at radius 2 is 2.00 bits per heavy atom. The van der Waals surface area contributed by atoms with Gasteiger partial charge in [-0.3, -0.25) is 9.69 Å². The molecule has 1 amide bonds. The van der Waals surface area contributed by atoms with Crippen molar-refractivity contribution in [3.63, 3.8) is 0 Å². The SMILES string of the molecule is Cc1ccc(CN2C[C@@H]3[C@H](C2)N(Cc2csc(C)n2)C(=O)c2cccn23)s1. The fraction of sp³-hybridized carbons (Fsp3) is 0.400. The summed E-state index contributed by atoms with van der Waals surface area (Å²) < 4.78 is 2.19. The van der Waals surface area contributed by atoms with Gasteiger partial charge in [0.25, 0.3) is 5.91 Å². The van der Waals surface area contributed by atoms with E-state index in [1.165, 1.54) is 9.75 Å². The zero-order chi connectivity index (χ0) is 18.5. The maximum absolute atomic E-state index is 13.2. The van der Waals surface area contributed by atoms with E-state index in [1.807, 2.05) is 35.3 Å². The number of hydrogen-bond donors (Lipinski definition) is 0. The number of likely N-dealkylation sites (tertiary alicyclic amines) is 1. The Morgan fingerprint density at radius 1 is 1.15 bits per heavy atom. The minimum absolute atomic E-state index is 0.126. The monoisotopic (exact) mass is 398 g/mol. The van der Waals surface area contributed by atoms with E-state index in [2.05, 4.69) is 45.1 Å². The van der Waals surface area contributed by atoms with E-state index in [-0.39, 0.29) is 11.9 Å². The molecule has 2 aliphatic heterocycles. The molecule has 2 aliphatic rings. The van der Waals surface area contributed by atoms with Crippen molar-refractivity contribution in [1.82, 2.24) is 19.4 Å². The lowest BCUT2D eigenvalue weighted by Gasteiger charge is -2.38. The highest BCUT2D eigenvalue weighted by atomic mass is 32.1. The van der Waals surface area contributed by atoms with Crippen LogP contribution in [0.5, 0.6) is 0 Å². The number of hydrogen-bond acceptors (Lipinski definition) is 5. The molecule has 3 aromatic rings. The van der Waals surface area contributed by atoms with Crippen LogP contribution < -0.4 is 0 Å². The number of aromatic nitrogens is 2. The lowest BCUT2D eigenvalue weighted by molar-refractivity contribution is 0.0554. The van der Waals surface area contributed by atoms with Gasteiger partial charge in [0, 0.05) is 41.0 Å². The first kappa shape index (κ1) is 17.2. The van der Waals surface area contributed by atoms with Gasteiger partial charge in [-0.05, 0) is 38.1 Å². The number of carbonyl (C=O) groups is 1. The number of amides is 1. The van der Waals surface area contributed by atoms with Crippen LogP contribution in [-0.2, 0) is 13.1 Å². The van der Waals surface area contributed by atoms with Crippen molar-refractivity contribution >= 4 is 28.6 Å². The Balaban J connectivity index is 1.43. The first-order valence-electron chi connectivity index (χ1n) is 9.25. The number of fused-ring (bicyclic) bond motifs is 3. The van der Waals surface area contributed by atoms with Gasteiger partial charge < -0.3 is 9.47 Å². The number of carbonyl (C=O) groups excluding carboxylic acids is 1. The van der Waals surface area contributed by atoms with Crippen LogP contribution in [0.4, 0.5) is 0 Å². The van der Waals surface area contributed by atoms with Gasteiger partial charge in [0.15, 0.2) is 0 Å². The second-order valence-corrected chi connectivity index (χ2v) is 9.87. The van der Waals surface area contributed by atoms with Crippen LogP contribution in [0.1, 0.15) is 37.0 Å². The van der Waals surface area contributed by atoms with Crippen molar-refractivity contribution < 1.29 is 4.79 Å². The van der Waals surface area contributed by atoms with E-state index in [1.54, 1.807) is 11.3 Å². The fourth-order valence-corrected chi connectivity index (χ4v) is 5.89. The summed E-state index contributed by atoms with van der Waals surface area (Å²) in [6.07, 6.45) is 2.06. The topological polar surface area (TPSA) is 41.4 Å². The molecule has 1 fully saturated rings. The second kappa shape index (κ2) is 6.58. The summed E-state index contributed by atoms with van der Waals surface area (Å²) in [4.78, 5) is 25.0. The van der Waals surface area contributed by atoms with Gasteiger partial charge in [-0.1, -0.05) is 0 Å². The molecule has 1 saturated heterocycles. The van der Waals surface area contributed by atoms with E-state index in [4.69, 9.17) is 0 Å². The molecular formula is C20H22N4OS2. The molecular weight excluding hydrogens is 376 g/mol. The third-order valence-corrected chi connectivity index (χ3v) is 7.33. The summed E-state index contributed by atoms with van der Waals surface area (Å²) in [6.45, 7) is 7.61. The van der Waals surface area contributed by atoms with Crippen LogP contribution in [0.3, 0.4) is 0 Å². The van der Waals surface area contributed by atoms with Gasteiger partial charge in [-0.15, -0.1) is 22.7 Å². The van der Waals surface area contributed by atoms with E-state index in [9.17, 15) is 4.79 Å². The molecule has 5 nitrogen and oxygen atoms in total. The van der Waals surface area contributed by atoms with Crippen molar-refractivity contribution in [2.75, 3.05) is 13.1 Å². The minimum Gasteiger partial charge on any atom is -0.337 e. The molecule has 0 N–H and O–H groups in total. The molecule has 0 saturated carbocycles. The van der Waals surface area contributed by atoms with Crippen LogP contribution in [0.15, 0.2) is 35.8 Å². The molecule has 0 radical (unpaired) electrons. The van der Waals surface area contributed by atoms with Crippen LogP contribution >= 0.6 is 22.7 Å². The first-order valence-corrected chi connectivity index (χ1v) is 10.9. The summed E-state index contributed by atoms with van der Waals surface area (Å²) in [6, 6.07) is 8.86. The Kier molecular flexibility index (Phi) is 4.18. The number of thiazole rings is 1. The van der Waals surface area contributed by atoms with Gasteiger partial charge in [0.05, 0.1) is 29.3 Å². The van der Waals surface area contributed by atoms with Crippen molar-refractivity contribution in [2.24, 2.45) is 0 Å². The van der Waals surface area contributed by atoms with E-state index in [0.29, 0.717) is 12.6 Å². The Morgan fingerprint density at radius 3 is 2.74 bits per heavy atom. The van der Waals surface area contributed by atoms with Crippen molar-refractivity contribution in [3.8, 4) is 0 Å². The summed E-state index contributed by atoms with van der Waals surface area (Å²) in [5.74, 6) is 0.126. The molecule has 2 atom stereocenters. The Bertz CT molecular complexity index is 988. The standard InChI is InChI=1S/C20H22N4OS2/c1-13-5-6-16(27-13)9-22-10-18-19(11-22)24(8-15-12-26-14(2)21-15)20(25)17-4-3-7-23(17)18/h3-7,12,18-19H,8-11H2,1-2H3/t18-,19+/m1/s1. The van der Waals surface area contributed by atoms with Crippen LogP contribution in [0, 0.1) is 13.8 Å². The molecule has 3 aromatic heterocycles. The predicted molar refractivity (Wildman–Crippen MR) is 108 cm³/mol. The summed E-state index contributed by atoms with van der Waals surface area (Å²) in [5.41, 5.74) is 1.80. The largest absolute Gasteiger partial charge is 0.337 e. The van der Waals surface area contributed by atoms with Crippen LogP contribution in [0.25, 0.3) is 0 Å². The third kappa shape index (κ3) is 3.03. The van der Waals surface area contributed by atoms with Crippen LogP contribution in [-0.4, -0.2) is 44.4 Å². The van der Waals surface area contributed by atoms with Crippen molar-refractivity contribution in [3.05, 3.63) is 62.0 Å². The average molecular weight is 399 g/mol. The van der Waals surface area contributed by atoms with Gasteiger partial charge in [0.2, 0.25) is 0 Å². The molecule has 5 heterocycles. The molecule has 0 aliphatic carbocycles. The predicted octanol–water partition coefficient (Wildman–Crippen LogP) is 3.70. The third-order valence-electron chi connectivity index (χ3n) is 5.53. The molecule has 140 valence electrons. The molecule has 0 bridgehead atoms. The molecule has 7 heteroatoms. The zero-order valence-corrected chi connectivity index (χ0v) is 17.1. The van der Waals surface area contributed by atoms with Crippen molar-refractivity contribution in [2.45, 2.75) is 39.0 Å². The Labute approximate surface area is 166 Å². The van der Waals surface area contributed by atoms with E-state index < -0.39 is 0 Å². The molecule has 27 heavy (non-hydrogen) atoms. The zero-order valence-electron chi connectivity index (χ0n) is 15.5. The van der Waals surface area contributed by atoms with Crippen molar-refractivity contribution in [1.29, 1.82) is 0 Å². The smallest absolute Gasteiger partial charge is 0.271 e. The first-order chi connectivity index (χ1) is 13.1. The minimum atomic E-state index is 0.126. The summed E-state index contributed by atoms with van der Waals surface area (Å²) >= 11 is 3.51. The highest BCUT2D eigenvalue weighted by Crippen LogP contribution is 2.35. The molecule has 0 spiro atoms. The normalized spacial score (nSPS) is 22.3. The number of thiophene rings is 1. The highest BCUT2D eigenvalue weighted by Gasteiger charge is 2.45. The number of aryl methyl sites for hydroxylation is 2. The Hall–Kier alpha value is -1.96. The maximum Gasteiger partial charge on any atom is 0.271 e. The highest BCUT2D eigenvalue weighted by molar-refractivity contribution is 7.11. The molecule has 0 aromatic carbocycles. The maximum atomic E-state index is 13.2. The van der Waals surface area contributed by atoms with Gasteiger partial charge >= 0.3 is 0 Å². The van der Waals surface area contributed by atoms with E-state index in [0.717, 1.165) is 36.0 Å². The quantitative estimate of drug-likeness (QED) is 0.673.